The molecule has 1 saturated carbocycles. The molecule has 0 amide bonds. The second-order valence-corrected chi connectivity index (χ2v) is 5.20. The zero-order chi connectivity index (χ0) is 12.8. The number of halogens is 1. The summed E-state index contributed by atoms with van der Waals surface area (Å²) in [6.45, 7) is 4.25. The smallest absolute Gasteiger partial charge is 0.117 e. The van der Waals surface area contributed by atoms with Crippen LogP contribution in [0, 0.1) is 6.92 Å². The third kappa shape index (κ3) is 4.75. The standard InChI is InChI=1S/C8H15FN2.C7H8/c9-7-5-8(7)11-6-1-3-10-4-2-6;1-7-5-3-2-4-6-7/h6-8,10-11H,1-5H2;2-6H,1H3. The molecule has 2 atom stereocenters. The van der Waals surface area contributed by atoms with Crippen molar-refractivity contribution in [2.75, 3.05) is 13.1 Å². The van der Waals surface area contributed by atoms with Gasteiger partial charge in [-0.05, 0) is 39.3 Å². The minimum atomic E-state index is -0.551. The Morgan fingerprint density at radius 3 is 2.22 bits per heavy atom. The van der Waals surface area contributed by atoms with Crippen LogP contribution in [-0.2, 0) is 0 Å². The van der Waals surface area contributed by atoms with Crippen LogP contribution in [0.2, 0.25) is 0 Å². The van der Waals surface area contributed by atoms with Crippen molar-refractivity contribution in [3.05, 3.63) is 35.9 Å². The molecule has 1 aromatic carbocycles. The van der Waals surface area contributed by atoms with E-state index in [4.69, 9.17) is 0 Å². The topological polar surface area (TPSA) is 24.1 Å². The van der Waals surface area contributed by atoms with Gasteiger partial charge in [-0.25, -0.2) is 4.39 Å². The van der Waals surface area contributed by atoms with Crippen molar-refractivity contribution in [1.29, 1.82) is 0 Å². The molecule has 2 fully saturated rings. The predicted octanol–water partition coefficient (Wildman–Crippen LogP) is 2.43. The molecular weight excluding hydrogens is 227 g/mol. The first kappa shape index (κ1) is 13.5. The SMILES string of the molecule is Cc1ccccc1.FC1CC1NC1CCNCC1. The van der Waals surface area contributed by atoms with Crippen LogP contribution in [0.25, 0.3) is 0 Å². The molecule has 1 aromatic rings. The van der Waals surface area contributed by atoms with Crippen molar-refractivity contribution >= 4 is 0 Å². The van der Waals surface area contributed by atoms with Crippen LogP contribution >= 0.6 is 0 Å². The lowest BCUT2D eigenvalue weighted by atomic mass is 10.1. The zero-order valence-corrected chi connectivity index (χ0v) is 11.0. The number of hydrogen-bond donors (Lipinski definition) is 2. The van der Waals surface area contributed by atoms with Crippen molar-refractivity contribution in [2.45, 2.75) is 44.4 Å². The number of rotatable bonds is 2. The maximum absolute atomic E-state index is 12.5. The summed E-state index contributed by atoms with van der Waals surface area (Å²) in [6.07, 6.45) is 2.50. The number of benzene rings is 1. The molecular formula is C15H23FN2. The summed E-state index contributed by atoms with van der Waals surface area (Å²) < 4.78 is 12.5. The van der Waals surface area contributed by atoms with E-state index in [9.17, 15) is 4.39 Å². The van der Waals surface area contributed by atoms with Gasteiger partial charge in [0, 0.05) is 12.1 Å². The molecule has 0 bridgehead atoms. The van der Waals surface area contributed by atoms with Gasteiger partial charge in [0.1, 0.15) is 6.17 Å². The fourth-order valence-electron chi connectivity index (χ4n) is 2.16. The van der Waals surface area contributed by atoms with Gasteiger partial charge < -0.3 is 10.6 Å². The Balaban J connectivity index is 0.000000149. The van der Waals surface area contributed by atoms with Crippen LogP contribution in [0.15, 0.2) is 30.3 Å². The first-order valence-electron chi connectivity index (χ1n) is 6.88. The van der Waals surface area contributed by atoms with Gasteiger partial charge in [-0.3, -0.25) is 0 Å². The lowest BCUT2D eigenvalue weighted by molar-refractivity contribution is 0.361. The van der Waals surface area contributed by atoms with Crippen LogP contribution < -0.4 is 10.6 Å². The highest BCUT2D eigenvalue weighted by Gasteiger charge is 2.38. The maximum atomic E-state index is 12.5. The molecule has 0 aromatic heterocycles. The van der Waals surface area contributed by atoms with Gasteiger partial charge in [0.2, 0.25) is 0 Å². The fraction of sp³-hybridized carbons (Fsp3) is 0.600. The fourth-order valence-corrected chi connectivity index (χ4v) is 2.16. The Bertz CT molecular complexity index is 336. The van der Waals surface area contributed by atoms with Crippen LogP contribution in [0.5, 0.6) is 0 Å². The molecule has 2 unspecified atom stereocenters. The Morgan fingerprint density at radius 1 is 1.17 bits per heavy atom. The lowest BCUT2D eigenvalue weighted by Crippen LogP contribution is -2.41. The predicted molar refractivity (Wildman–Crippen MR) is 73.5 cm³/mol. The average Bonchev–Trinajstić information content (AvgIpc) is 3.08. The van der Waals surface area contributed by atoms with Gasteiger partial charge in [-0.2, -0.15) is 0 Å². The summed E-state index contributed by atoms with van der Waals surface area (Å²) in [5.74, 6) is 0. The molecule has 2 N–H and O–H groups in total. The van der Waals surface area contributed by atoms with Crippen LogP contribution in [0.1, 0.15) is 24.8 Å². The average molecular weight is 250 g/mol. The van der Waals surface area contributed by atoms with Gasteiger partial charge in [0.25, 0.3) is 0 Å². The maximum Gasteiger partial charge on any atom is 0.117 e. The van der Waals surface area contributed by atoms with E-state index in [1.54, 1.807) is 0 Å². The minimum Gasteiger partial charge on any atom is -0.317 e. The van der Waals surface area contributed by atoms with Crippen molar-refractivity contribution in [2.24, 2.45) is 0 Å². The number of nitrogens with one attached hydrogen (secondary N) is 2. The van der Waals surface area contributed by atoms with E-state index in [1.807, 2.05) is 18.2 Å². The summed E-state index contributed by atoms with van der Waals surface area (Å²) in [4.78, 5) is 0. The molecule has 2 nitrogen and oxygen atoms in total. The Labute approximate surface area is 109 Å². The van der Waals surface area contributed by atoms with Crippen molar-refractivity contribution in [3.63, 3.8) is 0 Å². The van der Waals surface area contributed by atoms with E-state index >= 15 is 0 Å². The Hall–Kier alpha value is -0.930. The summed E-state index contributed by atoms with van der Waals surface area (Å²) in [5, 5.41) is 6.61. The van der Waals surface area contributed by atoms with E-state index in [1.165, 1.54) is 5.56 Å². The highest BCUT2D eigenvalue weighted by molar-refractivity contribution is 5.11. The molecule has 0 spiro atoms. The number of aryl methyl sites for hydroxylation is 1. The first-order valence-corrected chi connectivity index (χ1v) is 6.88. The van der Waals surface area contributed by atoms with Crippen LogP contribution in [0.4, 0.5) is 4.39 Å². The molecule has 1 heterocycles. The highest BCUT2D eigenvalue weighted by Crippen LogP contribution is 2.26. The normalized spacial score (nSPS) is 27.2. The van der Waals surface area contributed by atoms with E-state index < -0.39 is 6.17 Å². The van der Waals surface area contributed by atoms with Crippen molar-refractivity contribution < 1.29 is 4.39 Å². The Kier molecular flexibility index (Phi) is 5.14. The van der Waals surface area contributed by atoms with Gasteiger partial charge >= 0.3 is 0 Å². The summed E-state index contributed by atoms with van der Waals surface area (Å²) in [7, 11) is 0. The molecule has 18 heavy (non-hydrogen) atoms. The van der Waals surface area contributed by atoms with Crippen molar-refractivity contribution in [1.82, 2.24) is 10.6 Å². The van der Waals surface area contributed by atoms with E-state index in [0.29, 0.717) is 6.04 Å². The third-order valence-electron chi connectivity index (χ3n) is 3.44. The summed E-state index contributed by atoms with van der Waals surface area (Å²) in [5.41, 5.74) is 1.32. The van der Waals surface area contributed by atoms with Gasteiger partial charge in [0.05, 0.1) is 0 Å². The first-order chi connectivity index (χ1) is 8.75. The van der Waals surface area contributed by atoms with Gasteiger partial charge in [0.15, 0.2) is 0 Å². The van der Waals surface area contributed by atoms with E-state index in [-0.39, 0.29) is 6.04 Å². The molecule has 3 heteroatoms. The summed E-state index contributed by atoms with van der Waals surface area (Å²) >= 11 is 0. The monoisotopic (exact) mass is 250 g/mol. The second kappa shape index (κ2) is 6.86. The molecule has 1 saturated heterocycles. The van der Waals surface area contributed by atoms with Crippen LogP contribution in [0.3, 0.4) is 0 Å². The van der Waals surface area contributed by atoms with Gasteiger partial charge in [-0.15, -0.1) is 0 Å². The van der Waals surface area contributed by atoms with Crippen LogP contribution in [-0.4, -0.2) is 31.3 Å². The molecule has 2 aliphatic rings. The largest absolute Gasteiger partial charge is 0.317 e. The van der Waals surface area contributed by atoms with Gasteiger partial charge in [-0.1, -0.05) is 35.9 Å². The molecule has 3 rings (SSSR count). The number of alkyl halides is 1. The Morgan fingerprint density at radius 2 is 1.78 bits per heavy atom. The minimum absolute atomic E-state index is 0.193. The highest BCUT2D eigenvalue weighted by atomic mass is 19.1. The molecule has 1 aliphatic carbocycles. The van der Waals surface area contributed by atoms with E-state index in [2.05, 4.69) is 29.7 Å². The number of hydrogen-bond acceptors (Lipinski definition) is 2. The summed E-state index contributed by atoms with van der Waals surface area (Å²) in [6, 6.07) is 11.0. The lowest BCUT2D eigenvalue weighted by Gasteiger charge is -2.23. The molecule has 100 valence electrons. The second-order valence-electron chi connectivity index (χ2n) is 5.20. The third-order valence-corrected chi connectivity index (χ3v) is 3.44. The van der Waals surface area contributed by atoms with E-state index in [0.717, 1.165) is 32.4 Å². The zero-order valence-electron chi connectivity index (χ0n) is 11.0. The molecule has 0 radical (unpaired) electrons. The quantitative estimate of drug-likeness (QED) is 0.842. The molecule has 1 aliphatic heterocycles. The number of piperidine rings is 1. The van der Waals surface area contributed by atoms with Crippen molar-refractivity contribution in [3.8, 4) is 0 Å².